The minimum atomic E-state index is 0.493. The molecule has 0 atom stereocenters. The molecule has 0 radical (unpaired) electrons. The number of aryl methyl sites for hydroxylation is 3. The summed E-state index contributed by atoms with van der Waals surface area (Å²) in [4.78, 5) is 0. The molecule has 182 valence electrons. The molecule has 0 fully saturated rings. The van der Waals surface area contributed by atoms with Crippen molar-refractivity contribution in [2.24, 2.45) is 0 Å². The molecule has 35 heavy (non-hydrogen) atoms. The lowest BCUT2D eigenvalue weighted by atomic mass is 10.1. The van der Waals surface area contributed by atoms with Gasteiger partial charge in [0.15, 0.2) is 5.11 Å². The van der Waals surface area contributed by atoms with Gasteiger partial charge >= 0.3 is 0 Å². The third-order valence-corrected chi connectivity index (χ3v) is 7.08. The average Bonchev–Trinajstić information content (AvgIpc) is 3.22. The van der Waals surface area contributed by atoms with E-state index in [-0.39, 0.29) is 0 Å². The van der Waals surface area contributed by atoms with E-state index in [4.69, 9.17) is 40.5 Å². The molecular formula is C26H28Cl2N6S. The molecule has 0 aliphatic carbocycles. The van der Waals surface area contributed by atoms with E-state index < -0.39 is 0 Å². The SMILES string of the molecule is Cc1ccccc1Cn1nc(C)c(NC(=S)Nc2c(C)nn(Cc3ccc(Cl)c(Cl)c3)c2C)c1C. The summed E-state index contributed by atoms with van der Waals surface area (Å²) >= 11 is 17.9. The van der Waals surface area contributed by atoms with E-state index >= 15 is 0 Å². The molecule has 4 rings (SSSR count). The Labute approximate surface area is 221 Å². The van der Waals surface area contributed by atoms with E-state index in [2.05, 4.69) is 47.8 Å². The van der Waals surface area contributed by atoms with Gasteiger partial charge in [-0.2, -0.15) is 10.2 Å². The molecule has 0 spiro atoms. The lowest BCUT2D eigenvalue weighted by molar-refractivity contribution is 0.657. The van der Waals surface area contributed by atoms with Crippen LogP contribution in [0.2, 0.25) is 10.0 Å². The van der Waals surface area contributed by atoms with Crippen molar-refractivity contribution >= 4 is 51.9 Å². The second-order valence-electron chi connectivity index (χ2n) is 8.66. The standard InChI is InChI=1S/C26H28Cl2N6S/c1-15-8-6-7-9-21(15)14-34-19(5)25(17(3)32-34)30-26(35)29-24-16(2)31-33(18(24)4)13-20-10-11-22(27)23(28)12-20/h6-12H,13-14H2,1-5H3,(H2,29,30,35). The predicted molar refractivity (Wildman–Crippen MR) is 149 cm³/mol. The van der Waals surface area contributed by atoms with E-state index in [0.29, 0.717) is 28.2 Å². The summed E-state index contributed by atoms with van der Waals surface area (Å²) in [6.45, 7) is 11.4. The smallest absolute Gasteiger partial charge is 0.175 e. The Morgan fingerprint density at radius 1 is 0.800 bits per heavy atom. The van der Waals surface area contributed by atoms with E-state index in [1.54, 1.807) is 6.07 Å². The fourth-order valence-corrected chi connectivity index (χ4v) is 4.61. The molecule has 4 aromatic rings. The number of halogens is 2. The number of hydrogen-bond donors (Lipinski definition) is 2. The molecule has 0 unspecified atom stereocenters. The highest BCUT2D eigenvalue weighted by Gasteiger charge is 2.17. The van der Waals surface area contributed by atoms with Gasteiger partial charge in [0, 0.05) is 0 Å². The topological polar surface area (TPSA) is 59.7 Å². The molecule has 0 saturated carbocycles. The summed E-state index contributed by atoms with van der Waals surface area (Å²) < 4.78 is 3.94. The molecule has 2 aromatic carbocycles. The van der Waals surface area contributed by atoms with E-state index in [1.165, 1.54) is 11.1 Å². The molecule has 2 N–H and O–H groups in total. The van der Waals surface area contributed by atoms with Crippen LogP contribution in [0.15, 0.2) is 42.5 Å². The highest BCUT2D eigenvalue weighted by molar-refractivity contribution is 7.80. The fraction of sp³-hybridized carbons (Fsp3) is 0.269. The van der Waals surface area contributed by atoms with Gasteiger partial charge in [-0.05, 0) is 75.7 Å². The molecule has 0 aliphatic rings. The van der Waals surface area contributed by atoms with Crippen molar-refractivity contribution in [2.45, 2.75) is 47.7 Å². The normalized spacial score (nSPS) is 11.1. The van der Waals surface area contributed by atoms with Gasteiger partial charge in [-0.1, -0.05) is 53.5 Å². The highest BCUT2D eigenvalue weighted by Crippen LogP contribution is 2.26. The summed E-state index contributed by atoms with van der Waals surface area (Å²) in [6.07, 6.45) is 0. The first kappa shape index (κ1) is 25.2. The van der Waals surface area contributed by atoms with Gasteiger partial charge in [0.25, 0.3) is 0 Å². The van der Waals surface area contributed by atoms with Crippen LogP contribution in [0.4, 0.5) is 11.4 Å². The third kappa shape index (κ3) is 5.53. The van der Waals surface area contributed by atoms with Crippen molar-refractivity contribution < 1.29 is 0 Å². The van der Waals surface area contributed by atoms with Crippen LogP contribution in [0.1, 0.15) is 39.5 Å². The molecular weight excluding hydrogens is 499 g/mol. The Morgan fingerprint density at radius 3 is 1.94 bits per heavy atom. The zero-order valence-corrected chi connectivity index (χ0v) is 22.7. The number of aromatic nitrogens is 4. The van der Waals surface area contributed by atoms with E-state index in [1.807, 2.05) is 48.3 Å². The maximum absolute atomic E-state index is 6.18. The molecule has 0 saturated heterocycles. The lowest BCUT2D eigenvalue weighted by Gasteiger charge is -2.12. The number of nitrogens with zero attached hydrogens (tertiary/aromatic N) is 4. The van der Waals surface area contributed by atoms with Gasteiger partial charge in [0.2, 0.25) is 0 Å². The quantitative estimate of drug-likeness (QED) is 0.269. The third-order valence-electron chi connectivity index (χ3n) is 6.14. The minimum absolute atomic E-state index is 0.493. The molecule has 0 bridgehead atoms. The van der Waals surface area contributed by atoms with E-state index in [9.17, 15) is 0 Å². The maximum Gasteiger partial charge on any atom is 0.175 e. The van der Waals surface area contributed by atoms with E-state index in [0.717, 1.165) is 39.7 Å². The van der Waals surface area contributed by atoms with Gasteiger partial charge in [-0.25, -0.2) is 0 Å². The van der Waals surface area contributed by atoms with Crippen LogP contribution >= 0.6 is 35.4 Å². The Morgan fingerprint density at radius 2 is 1.37 bits per heavy atom. The zero-order valence-electron chi connectivity index (χ0n) is 20.4. The molecule has 0 amide bonds. The van der Waals surface area contributed by atoms with Gasteiger partial charge < -0.3 is 10.6 Å². The number of rotatable bonds is 6. The number of thiocarbonyl (C=S) groups is 1. The molecule has 2 aromatic heterocycles. The number of benzene rings is 2. The van der Waals surface area contributed by atoms with Crippen molar-refractivity contribution in [1.29, 1.82) is 0 Å². The van der Waals surface area contributed by atoms with Gasteiger partial charge in [-0.3, -0.25) is 9.36 Å². The Bertz CT molecular complexity index is 1410. The van der Waals surface area contributed by atoms with Gasteiger partial charge in [0.1, 0.15) is 0 Å². The van der Waals surface area contributed by atoms with Crippen LogP contribution in [0.25, 0.3) is 0 Å². The minimum Gasteiger partial charge on any atom is -0.329 e. The van der Waals surface area contributed by atoms with Crippen LogP contribution in [-0.4, -0.2) is 24.7 Å². The first-order chi connectivity index (χ1) is 16.6. The van der Waals surface area contributed by atoms with Crippen LogP contribution in [-0.2, 0) is 13.1 Å². The Balaban J connectivity index is 1.48. The molecule has 9 heteroatoms. The monoisotopic (exact) mass is 526 g/mol. The van der Waals surface area contributed by atoms with Crippen molar-refractivity contribution in [1.82, 2.24) is 19.6 Å². The fourth-order valence-electron chi connectivity index (χ4n) is 4.08. The maximum atomic E-state index is 6.18. The number of hydrogen-bond acceptors (Lipinski definition) is 3. The molecule has 2 heterocycles. The summed E-state index contributed by atoms with van der Waals surface area (Å²) in [5.41, 5.74) is 9.05. The number of nitrogens with one attached hydrogen (secondary N) is 2. The van der Waals surface area contributed by atoms with Crippen molar-refractivity contribution in [3.05, 3.63) is 92.0 Å². The van der Waals surface area contributed by atoms with Gasteiger partial charge in [0.05, 0.1) is 57.3 Å². The van der Waals surface area contributed by atoms with Crippen molar-refractivity contribution in [3.63, 3.8) is 0 Å². The van der Waals surface area contributed by atoms with Crippen LogP contribution in [0.5, 0.6) is 0 Å². The van der Waals surface area contributed by atoms with Crippen molar-refractivity contribution in [2.75, 3.05) is 10.6 Å². The zero-order chi connectivity index (χ0) is 25.3. The highest BCUT2D eigenvalue weighted by atomic mass is 35.5. The van der Waals surface area contributed by atoms with Gasteiger partial charge in [-0.15, -0.1) is 0 Å². The summed E-state index contributed by atoms with van der Waals surface area (Å²) in [6, 6.07) is 14.0. The lowest BCUT2D eigenvalue weighted by Crippen LogP contribution is -2.21. The van der Waals surface area contributed by atoms with Crippen LogP contribution < -0.4 is 10.6 Å². The Kier molecular flexibility index (Phi) is 7.50. The largest absolute Gasteiger partial charge is 0.329 e. The summed E-state index contributed by atoms with van der Waals surface area (Å²) in [7, 11) is 0. The Hall–Kier alpha value is -2.87. The predicted octanol–water partition coefficient (Wildman–Crippen LogP) is 6.83. The van der Waals surface area contributed by atoms with Crippen molar-refractivity contribution in [3.8, 4) is 0 Å². The van der Waals surface area contributed by atoms with Crippen LogP contribution in [0, 0.1) is 34.6 Å². The first-order valence-electron chi connectivity index (χ1n) is 11.3. The second kappa shape index (κ2) is 10.4. The second-order valence-corrected chi connectivity index (χ2v) is 9.88. The number of anilines is 2. The molecule has 0 aliphatic heterocycles. The average molecular weight is 528 g/mol. The molecule has 6 nitrogen and oxygen atoms in total. The first-order valence-corrected chi connectivity index (χ1v) is 12.4. The van der Waals surface area contributed by atoms with Crippen LogP contribution in [0.3, 0.4) is 0 Å². The summed E-state index contributed by atoms with van der Waals surface area (Å²) in [5.74, 6) is 0. The summed E-state index contributed by atoms with van der Waals surface area (Å²) in [5, 5.41) is 17.7.